The quantitative estimate of drug-likeness (QED) is 0.759. The Bertz CT molecular complexity index is 660. The molecule has 5 nitrogen and oxygen atoms in total. The van der Waals surface area contributed by atoms with Crippen molar-refractivity contribution in [2.24, 2.45) is 0 Å². The maximum absolute atomic E-state index is 12.2. The predicted octanol–water partition coefficient (Wildman–Crippen LogP) is 2.18. The van der Waals surface area contributed by atoms with E-state index in [1.54, 1.807) is 23.5 Å². The molecule has 0 spiro atoms. The molecule has 2 aromatic rings. The second-order valence-electron chi connectivity index (χ2n) is 5.65. The summed E-state index contributed by atoms with van der Waals surface area (Å²) >= 11 is 7.80. The predicted molar refractivity (Wildman–Crippen MR) is 97.0 cm³/mol. The van der Waals surface area contributed by atoms with Crippen LogP contribution in [-0.4, -0.2) is 38.9 Å². The van der Waals surface area contributed by atoms with Crippen LogP contribution in [0.25, 0.3) is 0 Å². The summed E-state index contributed by atoms with van der Waals surface area (Å²) in [5.41, 5.74) is 0.614. The van der Waals surface area contributed by atoms with Gasteiger partial charge in [-0.1, -0.05) is 29.8 Å². The van der Waals surface area contributed by atoms with Crippen molar-refractivity contribution in [3.8, 4) is 0 Å². The van der Waals surface area contributed by atoms with Crippen molar-refractivity contribution >= 4 is 34.7 Å². The van der Waals surface area contributed by atoms with Gasteiger partial charge < -0.3 is 20.3 Å². The number of halogens is 1. The van der Waals surface area contributed by atoms with Crippen LogP contribution in [0.3, 0.4) is 0 Å². The van der Waals surface area contributed by atoms with Crippen LogP contribution in [0.2, 0.25) is 5.02 Å². The molecule has 2 amide bonds. The summed E-state index contributed by atoms with van der Waals surface area (Å²) in [5, 5.41) is 8.39. The lowest BCUT2D eigenvalue weighted by molar-refractivity contribution is -0.937. The maximum atomic E-state index is 12.2. The van der Waals surface area contributed by atoms with E-state index in [2.05, 4.69) is 28.1 Å². The normalized spacial score (nSPS) is 16.5. The van der Waals surface area contributed by atoms with Gasteiger partial charge >= 0.3 is 6.03 Å². The Hall–Kier alpha value is -1.60. The Kier molecular flexibility index (Phi) is 6.09. The average molecular weight is 367 g/mol. The fourth-order valence-corrected chi connectivity index (χ4v) is 3.91. The minimum atomic E-state index is -0.239. The number of para-hydroxylation sites is 1. The van der Waals surface area contributed by atoms with Crippen LogP contribution in [-0.2, 0) is 4.74 Å². The zero-order chi connectivity index (χ0) is 16.8. The molecule has 0 unspecified atom stereocenters. The van der Waals surface area contributed by atoms with Crippen LogP contribution in [0.1, 0.15) is 10.9 Å². The van der Waals surface area contributed by atoms with Gasteiger partial charge in [-0.25, -0.2) is 4.79 Å². The van der Waals surface area contributed by atoms with Crippen LogP contribution in [0, 0.1) is 0 Å². The lowest BCUT2D eigenvalue weighted by Gasteiger charge is -2.31. The number of quaternary nitrogens is 1. The van der Waals surface area contributed by atoms with E-state index in [9.17, 15) is 4.79 Å². The number of thiophene rings is 1. The molecule has 1 saturated heterocycles. The van der Waals surface area contributed by atoms with Gasteiger partial charge in [0, 0.05) is 0 Å². The minimum absolute atomic E-state index is 0.239. The fraction of sp³-hybridized carbons (Fsp3) is 0.353. The lowest BCUT2D eigenvalue weighted by Crippen LogP contribution is -3.15. The highest BCUT2D eigenvalue weighted by Gasteiger charge is 2.27. The number of urea groups is 1. The van der Waals surface area contributed by atoms with Crippen molar-refractivity contribution in [3.05, 3.63) is 51.7 Å². The molecule has 24 heavy (non-hydrogen) atoms. The molecule has 0 bridgehead atoms. The highest BCUT2D eigenvalue weighted by atomic mass is 35.5. The van der Waals surface area contributed by atoms with Gasteiger partial charge in [0.25, 0.3) is 0 Å². The van der Waals surface area contributed by atoms with E-state index >= 15 is 0 Å². The first-order valence-electron chi connectivity index (χ1n) is 7.99. The van der Waals surface area contributed by atoms with E-state index in [0.29, 0.717) is 17.3 Å². The van der Waals surface area contributed by atoms with Crippen molar-refractivity contribution in [3.63, 3.8) is 0 Å². The van der Waals surface area contributed by atoms with E-state index in [1.165, 1.54) is 9.78 Å². The number of hydrogen-bond acceptors (Lipinski definition) is 3. The number of anilines is 1. The molecule has 2 heterocycles. The molecule has 128 valence electrons. The summed E-state index contributed by atoms with van der Waals surface area (Å²) in [5.74, 6) is 0. The highest BCUT2D eigenvalue weighted by molar-refractivity contribution is 7.10. The van der Waals surface area contributed by atoms with Crippen LogP contribution in [0.15, 0.2) is 41.8 Å². The Morgan fingerprint density at radius 1 is 1.25 bits per heavy atom. The third-order valence-electron chi connectivity index (χ3n) is 4.10. The molecule has 7 heteroatoms. The first-order chi connectivity index (χ1) is 11.7. The SMILES string of the molecule is O=C(NC[C@H](c1cccs1)[NH+]1CCOCC1)Nc1ccccc1Cl. The van der Waals surface area contributed by atoms with E-state index in [0.717, 1.165) is 26.3 Å². The summed E-state index contributed by atoms with van der Waals surface area (Å²) in [6, 6.07) is 11.4. The number of ether oxygens (including phenoxy) is 1. The van der Waals surface area contributed by atoms with Crippen molar-refractivity contribution in [1.82, 2.24) is 5.32 Å². The molecule has 1 aromatic heterocycles. The van der Waals surface area contributed by atoms with E-state index in [4.69, 9.17) is 16.3 Å². The number of benzene rings is 1. The lowest BCUT2D eigenvalue weighted by atomic mass is 10.2. The van der Waals surface area contributed by atoms with Gasteiger partial charge in [0.1, 0.15) is 19.1 Å². The minimum Gasteiger partial charge on any atom is -0.370 e. The number of rotatable bonds is 5. The molecular formula is C17H21ClN3O2S+. The molecule has 0 radical (unpaired) electrons. The molecule has 1 atom stereocenters. The topological polar surface area (TPSA) is 54.8 Å². The average Bonchev–Trinajstić information content (AvgIpc) is 3.12. The largest absolute Gasteiger partial charge is 0.370 e. The third-order valence-corrected chi connectivity index (χ3v) is 5.42. The third kappa shape index (κ3) is 4.48. The second kappa shape index (κ2) is 8.48. The second-order valence-corrected chi connectivity index (χ2v) is 7.04. The molecule has 0 aliphatic carbocycles. The van der Waals surface area contributed by atoms with Gasteiger partial charge in [0.15, 0.2) is 0 Å². The van der Waals surface area contributed by atoms with Crippen LogP contribution in [0.4, 0.5) is 10.5 Å². The van der Waals surface area contributed by atoms with Gasteiger partial charge in [-0.3, -0.25) is 0 Å². The Morgan fingerprint density at radius 2 is 2.04 bits per heavy atom. The van der Waals surface area contributed by atoms with Crippen LogP contribution < -0.4 is 15.5 Å². The molecule has 1 aliphatic heterocycles. The zero-order valence-corrected chi connectivity index (χ0v) is 14.8. The summed E-state index contributed by atoms with van der Waals surface area (Å²) < 4.78 is 5.45. The van der Waals surface area contributed by atoms with Gasteiger partial charge in [-0.15, -0.1) is 11.3 Å². The Labute approximate surface area is 150 Å². The number of carbonyl (C=O) groups excluding carboxylic acids is 1. The molecule has 1 aliphatic rings. The summed E-state index contributed by atoms with van der Waals surface area (Å²) in [7, 11) is 0. The monoisotopic (exact) mass is 366 g/mol. The molecule has 1 aromatic carbocycles. The van der Waals surface area contributed by atoms with Crippen molar-refractivity contribution in [1.29, 1.82) is 0 Å². The number of nitrogens with one attached hydrogen (secondary N) is 3. The first-order valence-corrected chi connectivity index (χ1v) is 9.25. The van der Waals surface area contributed by atoms with Gasteiger partial charge in [-0.05, 0) is 23.6 Å². The van der Waals surface area contributed by atoms with Crippen molar-refractivity contribution < 1.29 is 14.4 Å². The maximum Gasteiger partial charge on any atom is 0.319 e. The highest BCUT2D eigenvalue weighted by Crippen LogP contribution is 2.20. The number of carbonyl (C=O) groups is 1. The number of morpholine rings is 1. The van der Waals surface area contributed by atoms with E-state index in [-0.39, 0.29) is 12.1 Å². The summed E-state index contributed by atoms with van der Waals surface area (Å²) in [6.45, 7) is 4.02. The van der Waals surface area contributed by atoms with Crippen molar-refractivity contribution in [2.45, 2.75) is 6.04 Å². The van der Waals surface area contributed by atoms with Crippen LogP contribution >= 0.6 is 22.9 Å². The number of hydrogen-bond donors (Lipinski definition) is 3. The van der Waals surface area contributed by atoms with Crippen LogP contribution in [0.5, 0.6) is 0 Å². The Balaban J connectivity index is 1.61. The Morgan fingerprint density at radius 3 is 2.75 bits per heavy atom. The molecule has 3 N–H and O–H groups in total. The van der Waals surface area contributed by atoms with Gasteiger partial charge in [-0.2, -0.15) is 0 Å². The van der Waals surface area contributed by atoms with E-state index < -0.39 is 0 Å². The van der Waals surface area contributed by atoms with E-state index in [1.807, 2.05) is 12.1 Å². The molecule has 0 saturated carbocycles. The van der Waals surface area contributed by atoms with Gasteiger partial charge in [0.05, 0.1) is 35.3 Å². The smallest absolute Gasteiger partial charge is 0.319 e. The molecule has 1 fully saturated rings. The fourth-order valence-electron chi connectivity index (χ4n) is 2.84. The molecular weight excluding hydrogens is 346 g/mol. The zero-order valence-electron chi connectivity index (χ0n) is 13.3. The number of amides is 2. The summed E-state index contributed by atoms with van der Waals surface area (Å²) in [4.78, 5) is 14.9. The van der Waals surface area contributed by atoms with Crippen molar-refractivity contribution in [2.75, 3.05) is 38.2 Å². The first kappa shape index (κ1) is 17.2. The van der Waals surface area contributed by atoms with Gasteiger partial charge in [0.2, 0.25) is 0 Å². The summed E-state index contributed by atoms with van der Waals surface area (Å²) in [6.07, 6.45) is 0. The molecule has 3 rings (SSSR count). The standard InChI is InChI=1S/C17H20ClN3O2S/c18-13-4-1-2-5-14(13)20-17(22)19-12-15(16-6-3-11-24-16)21-7-9-23-10-8-21/h1-6,11,15H,7-10,12H2,(H2,19,20,22)/p+1/t15-/m1/s1.